The van der Waals surface area contributed by atoms with Crippen LogP contribution in [0.2, 0.25) is 0 Å². The first-order valence-electron chi connectivity index (χ1n) is 11.1. The second-order valence-corrected chi connectivity index (χ2v) is 8.01. The van der Waals surface area contributed by atoms with Crippen molar-refractivity contribution in [2.75, 3.05) is 14.2 Å². The van der Waals surface area contributed by atoms with E-state index in [4.69, 9.17) is 18.6 Å². The molecule has 0 amide bonds. The van der Waals surface area contributed by atoms with Crippen molar-refractivity contribution in [3.63, 3.8) is 0 Å². The number of hydrogen-bond acceptors (Lipinski definition) is 9. The van der Waals surface area contributed by atoms with Gasteiger partial charge in [0.1, 0.15) is 0 Å². The third-order valence-electron chi connectivity index (χ3n) is 5.50. The maximum Gasteiger partial charge on any atom is 0.306 e. The summed E-state index contributed by atoms with van der Waals surface area (Å²) in [5, 5.41) is 8.44. The standard InChI is InChI=1S/C25H26N4O6/c1-15-7-9-17(10-8-15)24-28-27-23(35-24)16(2)34-22(30)6-5-11-29-14-26-19-13-21(33-4)20(32-3)12-18(19)25(29)31/h7-10,12-14,16H,5-6,11H2,1-4H3. The van der Waals surface area contributed by atoms with Crippen LogP contribution in [-0.2, 0) is 16.1 Å². The van der Waals surface area contributed by atoms with Crippen LogP contribution in [0.3, 0.4) is 0 Å². The number of methoxy groups -OCH3 is 2. The first-order chi connectivity index (χ1) is 16.9. The van der Waals surface area contributed by atoms with Gasteiger partial charge in [-0.25, -0.2) is 4.98 Å². The zero-order valence-electron chi connectivity index (χ0n) is 20.0. The summed E-state index contributed by atoms with van der Waals surface area (Å²) in [5.41, 5.74) is 2.18. The van der Waals surface area contributed by atoms with E-state index in [1.165, 1.54) is 25.1 Å². The van der Waals surface area contributed by atoms with Crippen LogP contribution in [0, 0.1) is 6.92 Å². The molecule has 4 aromatic rings. The van der Waals surface area contributed by atoms with Gasteiger partial charge in [-0.1, -0.05) is 17.7 Å². The molecule has 0 aliphatic heterocycles. The molecule has 0 fully saturated rings. The van der Waals surface area contributed by atoms with E-state index in [1.807, 2.05) is 31.2 Å². The Morgan fingerprint density at radius 3 is 2.51 bits per heavy atom. The van der Waals surface area contributed by atoms with Crippen molar-refractivity contribution in [1.82, 2.24) is 19.7 Å². The molecule has 0 bridgehead atoms. The SMILES string of the molecule is COc1cc2ncn(CCCC(=O)OC(C)c3nnc(-c4ccc(C)cc4)o3)c(=O)c2cc1OC. The normalized spacial score (nSPS) is 11.9. The van der Waals surface area contributed by atoms with Crippen LogP contribution in [-0.4, -0.2) is 39.9 Å². The number of ether oxygens (including phenoxy) is 3. The average Bonchev–Trinajstić information content (AvgIpc) is 3.36. The molecule has 4 rings (SSSR count). The Labute approximate surface area is 201 Å². The molecule has 35 heavy (non-hydrogen) atoms. The molecule has 0 saturated carbocycles. The number of aromatic nitrogens is 4. The Kier molecular flexibility index (Phi) is 7.09. The fourth-order valence-electron chi connectivity index (χ4n) is 3.56. The molecule has 1 unspecified atom stereocenters. The molecule has 0 spiro atoms. The number of aryl methyl sites for hydroxylation is 2. The van der Waals surface area contributed by atoms with E-state index in [0.29, 0.717) is 41.3 Å². The van der Waals surface area contributed by atoms with Gasteiger partial charge in [0.2, 0.25) is 5.89 Å². The van der Waals surface area contributed by atoms with Crippen LogP contribution in [0.4, 0.5) is 0 Å². The number of hydrogen-bond donors (Lipinski definition) is 0. The molecule has 2 aromatic heterocycles. The van der Waals surface area contributed by atoms with Crippen LogP contribution < -0.4 is 15.0 Å². The fraction of sp³-hybridized carbons (Fsp3) is 0.320. The smallest absolute Gasteiger partial charge is 0.306 e. The summed E-state index contributed by atoms with van der Waals surface area (Å²) >= 11 is 0. The Morgan fingerprint density at radius 2 is 1.80 bits per heavy atom. The van der Waals surface area contributed by atoms with Gasteiger partial charge in [-0.05, 0) is 38.5 Å². The molecular weight excluding hydrogens is 452 g/mol. The second-order valence-electron chi connectivity index (χ2n) is 8.01. The predicted molar refractivity (Wildman–Crippen MR) is 127 cm³/mol. The van der Waals surface area contributed by atoms with Crippen molar-refractivity contribution in [2.24, 2.45) is 0 Å². The lowest BCUT2D eigenvalue weighted by atomic mass is 10.1. The predicted octanol–water partition coefficient (Wildman–Crippen LogP) is 3.86. The summed E-state index contributed by atoms with van der Waals surface area (Å²) in [6.07, 6.45) is 1.27. The van der Waals surface area contributed by atoms with E-state index < -0.39 is 12.1 Å². The quantitative estimate of drug-likeness (QED) is 0.330. The highest BCUT2D eigenvalue weighted by Gasteiger charge is 2.19. The van der Waals surface area contributed by atoms with E-state index in [0.717, 1.165) is 11.1 Å². The minimum atomic E-state index is -0.693. The average molecular weight is 479 g/mol. The number of carbonyl (C=O) groups excluding carboxylic acids is 1. The van der Waals surface area contributed by atoms with Crippen LogP contribution in [0.25, 0.3) is 22.4 Å². The van der Waals surface area contributed by atoms with Crippen LogP contribution >= 0.6 is 0 Å². The van der Waals surface area contributed by atoms with E-state index in [-0.39, 0.29) is 17.9 Å². The van der Waals surface area contributed by atoms with Gasteiger partial charge in [-0.15, -0.1) is 10.2 Å². The molecule has 0 aliphatic rings. The van der Waals surface area contributed by atoms with Crippen LogP contribution in [0.5, 0.6) is 11.5 Å². The van der Waals surface area contributed by atoms with Crippen molar-refractivity contribution in [3.05, 3.63) is 64.5 Å². The first-order valence-corrected chi connectivity index (χ1v) is 11.1. The maximum absolute atomic E-state index is 12.9. The topological polar surface area (TPSA) is 119 Å². The number of nitrogens with zero attached hydrogens (tertiary/aromatic N) is 4. The van der Waals surface area contributed by atoms with Crippen molar-refractivity contribution >= 4 is 16.9 Å². The maximum atomic E-state index is 12.9. The lowest BCUT2D eigenvalue weighted by Gasteiger charge is -2.11. The first kappa shape index (κ1) is 23.9. The van der Waals surface area contributed by atoms with Gasteiger partial charge in [0.15, 0.2) is 17.6 Å². The Hall–Kier alpha value is -4.21. The highest BCUT2D eigenvalue weighted by molar-refractivity contribution is 5.81. The molecule has 0 radical (unpaired) electrons. The highest BCUT2D eigenvalue weighted by atomic mass is 16.6. The summed E-state index contributed by atoms with van der Waals surface area (Å²) in [4.78, 5) is 29.5. The zero-order valence-corrected chi connectivity index (χ0v) is 20.0. The number of fused-ring (bicyclic) bond motifs is 1. The van der Waals surface area contributed by atoms with Crippen molar-refractivity contribution in [1.29, 1.82) is 0 Å². The molecule has 0 aliphatic carbocycles. The van der Waals surface area contributed by atoms with Gasteiger partial charge in [0.05, 0.1) is 31.4 Å². The number of rotatable bonds is 9. The number of carbonyl (C=O) groups is 1. The highest BCUT2D eigenvalue weighted by Crippen LogP contribution is 2.30. The molecule has 2 heterocycles. The third-order valence-corrected chi connectivity index (χ3v) is 5.50. The Bertz CT molecular complexity index is 1390. The van der Waals surface area contributed by atoms with Crippen molar-refractivity contribution in [2.45, 2.75) is 39.3 Å². The van der Waals surface area contributed by atoms with E-state index in [9.17, 15) is 9.59 Å². The number of esters is 1. The molecule has 10 nitrogen and oxygen atoms in total. The zero-order chi connectivity index (χ0) is 24.9. The second kappa shape index (κ2) is 10.4. The molecular formula is C25H26N4O6. The summed E-state index contributed by atoms with van der Waals surface area (Å²) in [7, 11) is 3.02. The molecule has 2 aromatic carbocycles. The van der Waals surface area contributed by atoms with Gasteiger partial charge in [0.25, 0.3) is 11.4 Å². The lowest BCUT2D eigenvalue weighted by Crippen LogP contribution is -2.21. The van der Waals surface area contributed by atoms with Gasteiger partial charge >= 0.3 is 5.97 Å². The van der Waals surface area contributed by atoms with E-state index in [2.05, 4.69) is 15.2 Å². The van der Waals surface area contributed by atoms with E-state index >= 15 is 0 Å². The number of benzene rings is 2. The Balaban J connectivity index is 1.35. The minimum absolute atomic E-state index is 0.111. The summed E-state index contributed by atoms with van der Waals surface area (Å²) in [6.45, 7) is 3.97. The van der Waals surface area contributed by atoms with Gasteiger partial charge in [-0.2, -0.15) is 0 Å². The molecule has 10 heteroatoms. The van der Waals surface area contributed by atoms with Crippen molar-refractivity contribution in [3.8, 4) is 23.0 Å². The summed E-state index contributed by atoms with van der Waals surface area (Å²) < 4.78 is 23.1. The van der Waals surface area contributed by atoms with Gasteiger partial charge in [0, 0.05) is 24.6 Å². The summed E-state index contributed by atoms with van der Waals surface area (Å²) in [5.74, 6) is 1.09. The van der Waals surface area contributed by atoms with E-state index in [1.54, 1.807) is 19.1 Å². The van der Waals surface area contributed by atoms with Crippen LogP contribution in [0.1, 0.15) is 37.3 Å². The molecule has 0 saturated heterocycles. The largest absolute Gasteiger partial charge is 0.493 e. The van der Waals surface area contributed by atoms with Crippen molar-refractivity contribution < 1.29 is 23.4 Å². The monoisotopic (exact) mass is 478 g/mol. The minimum Gasteiger partial charge on any atom is -0.493 e. The Morgan fingerprint density at radius 1 is 1.09 bits per heavy atom. The fourth-order valence-corrected chi connectivity index (χ4v) is 3.56. The summed E-state index contributed by atoms with van der Waals surface area (Å²) in [6, 6.07) is 10.9. The molecule has 182 valence electrons. The van der Waals surface area contributed by atoms with Crippen LogP contribution in [0.15, 0.2) is 51.9 Å². The van der Waals surface area contributed by atoms with Gasteiger partial charge < -0.3 is 18.6 Å². The lowest BCUT2D eigenvalue weighted by molar-refractivity contribution is -0.149. The molecule has 1 atom stereocenters. The molecule has 0 N–H and O–H groups in total. The van der Waals surface area contributed by atoms with Gasteiger partial charge in [-0.3, -0.25) is 14.2 Å². The third kappa shape index (κ3) is 5.32.